The van der Waals surface area contributed by atoms with Gasteiger partial charge in [0.1, 0.15) is 11.9 Å². The van der Waals surface area contributed by atoms with E-state index in [1.54, 1.807) is 0 Å². The van der Waals surface area contributed by atoms with E-state index in [1.807, 2.05) is 17.0 Å². The number of nitrogens with one attached hydrogen (secondary N) is 1. The number of carbonyl (C=O) groups is 1. The number of likely N-dealkylation sites (tertiary alicyclic amines) is 1. The fraction of sp³-hybridized carbons (Fsp3) is 0.562. The first kappa shape index (κ1) is 14.7. The number of benzene rings is 1. The summed E-state index contributed by atoms with van der Waals surface area (Å²) in [5.41, 5.74) is 1.24. The molecule has 4 nitrogen and oxygen atoms in total. The van der Waals surface area contributed by atoms with Crippen molar-refractivity contribution >= 4 is 6.03 Å². The predicted molar refractivity (Wildman–Crippen MR) is 80.1 cm³/mol. The van der Waals surface area contributed by atoms with Crippen LogP contribution in [0.15, 0.2) is 24.3 Å². The van der Waals surface area contributed by atoms with Gasteiger partial charge in [-0.15, -0.1) is 0 Å². The van der Waals surface area contributed by atoms with E-state index in [1.165, 1.54) is 5.56 Å². The number of carbonyl (C=O) groups excluding carboxylic acids is 1. The zero-order chi connectivity index (χ0) is 14.4. The molecule has 1 aromatic rings. The van der Waals surface area contributed by atoms with E-state index in [0.29, 0.717) is 0 Å². The van der Waals surface area contributed by atoms with Crippen molar-refractivity contribution in [1.82, 2.24) is 10.2 Å². The minimum Gasteiger partial charge on any atom is -0.490 e. The third-order valence-electron chi connectivity index (χ3n) is 3.58. The summed E-state index contributed by atoms with van der Waals surface area (Å²) in [7, 11) is 0. The van der Waals surface area contributed by atoms with Gasteiger partial charge < -0.3 is 15.0 Å². The maximum atomic E-state index is 11.8. The van der Waals surface area contributed by atoms with E-state index in [4.69, 9.17) is 4.74 Å². The van der Waals surface area contributed by atoms with E-state index in [9.17, 15) is 4.79 Å². The molecule has 4 heteroatoms. The average molecular weight is 276 g/mol. The molecule has 20 heavy (non-hydrogen) atoms. The highest BCUT2D eigenvalue weighted by Crippen LogP contribution is 2.19. The SMILES string of the molecule is CCCNC(=O)N1CCC(Oc2ccc(C)cc2)CC1. The third kappa shape index (κ3) is 4.15. The van der Waals surface area contributed by atoms with Gasteiger partial charge in [-0.25, -0.2) is 4.79 Å². The van der Waals surface area contributed by atoms with Crippen molar-refractivity contribution in [2.24, 2.45) is 0 Å². The molecule has 0 bridgehead atoms. The van der Waals surface area contributed by atoms with Gasteiger partial charge in [0.2, 0.25) is 0 Å². The number of rotatable bonds is 4. The van der Waals surface area contributed by atoms with Gasteiger partial charge in [0.25, 0.3) is 0 Å². The molecule has 1 N–H and O–H groups in total. The van der Waals surface area contributed by atoms with Crippen LogP contribution < -0.4 is 10.1 Å². The topological polar surface area (TPSA) is 41.6 Å². The van der Waals surface area contributed by atoms with Crippen LogP contribution in [-0.2, 0) is 0 Å². The summed E-state index contributed by atoms with van der Waals surface area (Å²) in [5, 5.41) is 2.92. The summed E-state index contributed by atoms with van der Waals surface area (Å²) in [6.45, 7) is 6.41. The van der Waals surface area contributed by atoms with Crippen molar-refractivity contribution in [2.45, 2.75) is 39.2 Å². The fourth-order valence-electron chi connectivity index (χ4n) is 2.33. The normalized spacial score (nSPS) is 16.0. The molecule has 1 fully saturated rings. The highest BCUT2D eigenvalue weighted by molar-refractivity contribution is 5.74. The Bertz CT molecular complexity index is 423. The molecule has 0 atom stereocenters. The summed E-state index contributed by atoms with van der Waals surface area (Å²) < 4.78 is 5.96. The van der Waals surface area contributed by atoms with Crippen LogP contribution in [0.4, 0.5) is 4.79 Å². The van der Waals surface area contributed by atoms with E-state index < -0.39 is 0 Å². The second-order valence-corrected chi connectivity index (χ2v) is 5.35. The van der Waals surface area contributed by atoms with Crippen LogP contribution in [0.2, 0.25) is 0 Å². The minimum atomic E-state index is 0.0561. The summed E-state index contributed by atoms with van der Waals surface area (Å²) in [6, 6.07) is 8.19. The highest BCUT2D eigenvalue weighted by Gasteiger charge is 2.23. The molecule has 110 valence electrons. The van der Waals surface area contributed by atoms with E-state index in [2.05, 4.69) is 31.3 Å². The second kappa shape index (κ2) is 7.17. The lowest BCUT2D eigenvalue weighted by Crippen LogP contribution is -2.46. The highest BCUT2D eigenvalue weighted by atomic mass is 16.5. The fourth-order valence-corrected chi connectivity index (χ4v) is 2.33. The van der Waals surface area contributed by atoms with Crippen LogP contribution in [0.3, 0.4) is 0 Å². The van der Waals surface area contributed by atoms with Crippen molar-refractivity contribution in [3.05, 3.63) is 29.8 Å². The number of hydrogen-bond donors (Lipinski definition) is 1. The molecule has 0 saturated carbocycles. The van der Waals surface area contributed by atoms with Crippen LogP contribution in [0.5, 0.6) is 5.75 Å². The Labute approximate surface area is 121 Å². The van der Waals surface area contributed by atoms with Gasteiger partial charge >= 0.3 is 6.03 Å². The molecule has 1 aromatic carbocycles. The Morgan fingerprint density at radius 2 is 1.95 bits per heavy atom. The molecule has 0 aliphatic carbocycles. The third-order valence-corrected chi connectivity index (χ3v) is 3.58. The van der Waals surface area contributed by atoms with Crippen LogP contribution in [0.25, 0.3) is 0 Å². The molecule has 0 aromatic heterocycles. The Kier molecular flexibility index (Phi) is 5.27. The van der Waals surface area contributed by atoms with Crippen LogP contribution in [-0.4, -0.2) is 36.7 Å². The monoisotopic (exact) mass is 276 g/mol. The van der Waals surface area contributed by atoms with Gasteiger partial charge in [-0.05, 0) is 25.5 Å². The number of nitrogens with zero attached hydrogens (tertiary/aromatic N) is 1. The molecular formula is C16H24N2O2. The van der Waals surface area contributed by atoms with Crippen molar-refractivity contribution in [3.63, 3.8) is 0 Å². The van der Waals surface area contributed by atoms with Crippen molar-refractivity contribution in [2.75, 3.05) is 19.6 Å². The summed E-state index contributed by atoms with van der Waals surface area (Å²) >= 11 is 0. The van der Waals surface area contributed by atoms with Crippen molar-refractivity contribution in [3.8, 4) is 5.75 Å². The van der Waals surface area contributed by atoms with Gasteiger partial charge in [-0.2, -0.15) is 0 Å². The van der Waals surface area contributed by atoms with Gasteiger partial charge in [-0.1, -0.05) is 24.6 Å². The molecule has 2 amide bonds. The maximum Gasteiger partial charge on any atom is 0.317 e. The van der Waals surface area contributed by atoms with Crippen LogP contribution >= 0.6 is 0 Å². The van der Waals surface area contributed by atoms with E-state index in [-0.39, 0.29) is 12.1 Å². The van der Waals surface area contributed by atoms with Crippen molar-refractivity contribution in [1.29, 1.82) is 0 Å². The minimum absolute atomic E-state index is 0.0561. The molecule has 0 radical (unpaired) electrons. The second-order valence-electron chi connectivity index (χ2n) is 5.35. The zero-order valence-electron chi connectivity index (χ0n) is 12.4. The molecule has 0 unspecified atom stereocenters. The average Bonchev–Trinajstić information content (AvgIpc) is 2.48. The zero-order valence-corrected chi connectivity index (χ0v) is 12.4. The smallest absolute Gasteiger partial charge is 0.317 e. The lowest BCUT2D eigenvalue weighted by Gasteiger charge is -2.32. The number of hydrogen-bond acceptors (Lipinski definition) is 2. The number of aryl methyl sites for hydroxylation is 1. The lowest BCUT2D eigenvalue weighted by atomic mass is 10.1. The Morgan fingerprint density at radius 1 is 1.30 bits per heavy atom. The van der Waals surface area contributed by atoms with E-state index >= 15 is 0 Å². The Balaban J connectivity index is 1.76. The van der Waals surface area contributed by atoms with Crippen LogP contribution in [0.1, 0.15) is 31.7 Å². The quantitative estimate of drug-likeness (QED) is 0.918. The largest absolute Gasteiger partial charge is 0.490 e. The molecular weight excluding hydrogens is 252 g/mol. The first-order valence-electron chi connectivity index (χ1n) is 7.45. The van der Waals surface area contributed by atoms with E-state index in [0.717, 1.165) is 44.6 Å². The van der Waals surface area contributed by atoms with Crippen molar-refractivity contribution < 1.29 is 9.53 Å². The maximum absolute atomic E-state index is 11.8. The molecule has 1 aliphatic rings. The van der Waals surface area contributed by atoms with Gasteiger partial charge in [0.15, 0.2) is 0 Å². The number of amides is 2. The van der Waals surface area contributed by atoms with Gasteiger partial charge in [0, 0.05) is 32.5 Å². The Hall–Kier alpha value is -1.71. The molecule has 0 spiro atoms. The summed E-state index contributed by atoms with van der Waals surface area (Å²) in [5.74, 6) is 0.921. The molecule has 1 heterocycles. The summed E-state index contributed by atoms with van der Waals surface area (Å²) in [4.78, 5) is 13.7. The first-order chi connectivity index (χ1) is 9.69. The Morgan fingerprint density at radius 3 is 2.55 bits per heavy atom. The number of piperidine rings is 1. The molecule has 1 saturated heterocycles. The lowest BCUT2D eigenvalue weighted by molar-refractivity contribution is 0.111. The van der Waals surface area contributed by atoms with Gasteiger partial charge in [0.05, 0.1) is 0 Å². The standard InChI is InChI=1S/C16H24N2O2/c1-3-10-17-16(19)18-11-8-15(9-12-18)20-14-6-4-13(2)5-7-14/h4-7,15H,3,8-12H2,1-2H3,(H,17,19). The summed E-state index contributed by atoms with van der Waals surface area (Å²) in [6.07, 6.45) is 2.98. The van der Waals surface area contributed by atoms with Crippen LogP contribution in [0, 0.1) is 6.92 Å². The molecule has 2 rings (SSSR count). The van der Waals surface area contributed by atoms with Gasteiger partial charge in [-0.3, -0.25) is 0 Å². The first-order valence-corrected chi connectivity index (χ1v) is 7.45. The predicted octanol–water partition coefficient (Wildman–Crippen LogP) is 2.96. The number of ether oxygens (including phenoxy) is 1. The number of urea groups is 1. The molecule has 1 aliphatic heterocycles.